The molecular formula is C6H13N3. The zero-order valence-electron chi connectivity index (χ0n) is 6.04. The molecule has 0 spiro atoms. The lowest BCUT2D eigenvalue weighted by atomic mass is 10.2. The fourth-order valence-electron chi connectivity index (χ4n) is 0.865. The molecule has 52 valence electrons. The summed E-state index contributed by atoms with van der Waals surface area (Å²) in [5.74, 6) is 0. The van der Waals surface area contributed by atoms with Crippen molar-refractivity contribution in [3.63, 3.8) is 0 Å². The molecule has 1 unspecified atom stereocenters. The lowest BCUT2D eigenvalue weighted by molar-refractivity contribution is 0.324. The van der Waals surface area contributed by atoms with Crippen LogP contribution in [0.5, 0.6) is 0 Å². The summed E-state index contributed by atoms with van der Waals surface area (Å²) in [5.41, 5.74) is 0. The summed E-state index contributed by atoms with van der Waals surface area (Å²) in [6.45, 7) is 6.24. The quantitative estimate of drug-likeness (QED) is 0.552. The maximum Gasteiger partial charge on any atom is 0.0918 e. The van der Waals surface area contributed by atoms with Crippen molar-refractivity contribution in [1.29, 1.82) is 0 Å². The summed E-state index contributed by atoms with van der Waals surface area (Å²) in [7, 11) is 0. The van der Waals surface area contributed by atoms with Crippen LogP contribution in [0.15, 0.2) is 10.3 Å². The van der Waals surface area contributed by atoms with E-state index in [0.717, 1.165) is 19.5 Å². The number of likely N-dealkylation sites (N-methyl/N-ethyl adjacent to an activating group) is 1. The molecule has 0 radical (unpaired) electrons. The van der Waals surface area contributed by atoms with Gasteiger partial charge in [-0.05, 0) is 13.3 Å². The van der Waals surface area contributed by atoms with Crippen LogP contribution in [-0.4, -0.2) is 24.1 Å². The minimum atomic E-state index is 0.463. The zero-order valence-corrected chi connectivity index (χ0v) is 6.04. The Morgan fingerprint density at radius 3 is 2.67 bits per heavy atom. The predicted molar refractivity (Wildman–Crippen MR) is 36.2 cm³/mol. The van der Waals surface area contributed by atoms with Gasteiger partial charge in [0.2, 0.25) is 0 Å². The second kappa shape index (κ2) is 2.80. The molecule has 0 saturated carbocycles. The highest BCUT2D eigenvalue weighted by Gasteiger charge is 2.14. The number of nitrogens with zero attached hydrogens (tertiary/aromatic N) is 3. The van der Waals surface area contributed by atoms with Crippen LogP contribution >= 0.6 is 0 Å². The summed E-state index contributed by atoms with van der Waals surface area (Å²) >= 11 is 0. The topological polar surface area (TPSA) is 28.0 Å². The van der Waals surface area contributed by atoms with Gasteiger partial charge >= 0.3 is 0 Å². The minimum absolute atomic E-state index is 0.463. The lowest BCUT2D eigenvalue weighted by Crippen LogP contribution is -2.19. The molecule has 0 fully saturated rings. The van der Waals surface area contributed by atoms with E-state index in [2.05, 4.69) is 24.2 Å². The molecule has 3 nitrogen and oxygen atoms in total. The summed E-state index contributed by atoms with van der Waals surface area (Å²) in [5, 5.41) is 10.0. The van der Waals surface area contributed by atoms with Crippen molar-refractivity contribution in [2.45, 2.75) is 26.3 Å². The van der Waals surface area contributed by atoms with E-state index in [1.165, 1.54) is 0 Å². The Morgan fingerprint density at radius 1 is 1.56 bits per heavy atom. The first-order valence-electron chi connectivity index (χ1n) is 3.52. The monoisotopic (exact) mass is 127 g/mol. The van der Waals surface area contributed by atoms with Gasteiger partial charge in [-0.2, -0.15) is 5.11 Å². The van der Waals surface area contributed by atoms with Gasteiger partial charge in [0, 0.05) is 6.54 Å². The van der Waals surface area contributed by atoms with Crippen LogP contribution in [0.2, 0.25) is 0 Å². The van der Waals surface area contributed by atoms with Crippen molar-refractivity contribution < 1.29 is 0 Å². The molecular weight excluding hydrogens is 114 g/mol. The van der Waals surface area contributed by atoms with E-state index in [4.69, 9.17) is 0 Å². The molecule has 1 heterocycles. The SMILES string of the molecule is CCC1CN(CC)N=N1. The molecule has 3 heteroatoms. The second-order valence-electron chi connectivity index (χ2n) is 2.27. The van der Waals surface area contributed by atoms with E-state index >= 15 is 0 Å². The van der Waals surface area contributed by atoms with E-state index in [9.17, 15) is 0 Å². The molecule has 0 bridgehead atoms. The maximum atomic E-state index is 4.06. The van der Waals surface area contributed by atoms with Gasteiger partial charge in [-0.15, -0.1) is 0 Å². The standard InChI is InChI=1S/C6H13N3/c1-3-6-5-9(4-2)8-7-6/h6H,3-5H2,1-2H3. The van der Waals surface area contributed by atoms with Crippen LogP contribution in [0, 0.1) is 0 Å². The van der Waals surface area contributed by atoms with Crippen LogP contribution in [0.1, 0.15) is 20.3 Å². The highest BCUT2D eigenvalue weighted by Crippen LogP contribution is 2.09. The summed E-state index contributed by atoms with van der Waals surface area (Å²) in [6, 6.07) is 0.463. The van der Waals surface area contributed by atoms with Crippen LogP contribution in [-0.2, 0) is 0 Å². The zero-order chi connectivity index (χ0) is 6.69. The van der Waals surface area contributed by atoms with Crippen molar-refractivity contribution in [1.82, 2.24) is 5.01 Å². The highest BCUT2D eigenvalue weighted by atomic mass is 15.6. The highest BCUT2D eigenvalue weighted by molar-refractivity contribution is 4.70. The second-order valence-corrected chi connectivity index (χ2v) is 2.27. The van der Waals surface area contributed by atoms with Crippen molar-refractivity contribution in [2.24, 2.45) is 10.3 Å². The summed E-state index contributed by atoms with van der Waals surface area (Å²) < 4.78 is 0. The Bertz CT molecular complexity index is 98.9. The first-order valence-corrected chi connectivity index (χ1v) is 3.52. The maximum absolute atomic E-state index is 4.06. The summed E-state index contributed by atoms with van der Waals surface area (Å²) in [4.78, 5) is 0. The average Bonchev–Trinajstić information content (AvgIpc) is 2.34. The molecule has 1 rings (SSSR count). The smallest absolute Gasteiger partial charge is 0.0918 e. The molecule has 0 saturated heterocycles. The van der Waals surface area contributed by atoms with Gasteiger partial charge in [0.15, 0.2) is 0 Å². The van der Waals surface area contributed by atoms with Gasteiger partial charge in [0.1, 0.15) is 0 Å². The van der Waals surface area contributed by atoms with Gasteiger partial charge in [-0.25, -0.2) is 0 Å². The fourth-order valence-corrected chi connectivity index (χ4v) is 0.865. The Kier molecular flexibility index (Phi) is 2.03. The molecule has 0 aliphatic carbocycles. The average molecular weight is 127 g/mol. The molecule has 0 N–H and O–H groups in total. The van der Waals surface area contributed by atoms with Crippen molar-refractivity contribution in [3.05, 3.63) is 0 Å². The van der Waals surface area contributed by atoms with Crippen LogP contribution < -0.4 is 0 Å². The van der Waals surface area contributed by atoms with Crippen LogP contribution in [0.25, 0.3) is 0 Å². The predicted octanol–water partition coefficient (Wildman–Crippen LogP) is 1.47. The molecule has 0 aromatic carbocycles. The van der Waals surface area contributed by atoms with Crippen molar-refractivity contribution in [2.75, 3.05) is 13.1 Å². The largest absolute Gasteiger partial charge is 0.277 e. The first-order chi connectivity index (χ1) is 4.36. The van der Waals surface area contributed by atoms with Gasteiger partial charge < -0.3 is 0 Å². The van der Waals surface area contributed by atoms with Gasteiger partial charge in [0.25, 0.3) is 0 Å². The molecule has 1 aliphatic rings. The lowest BCUT2D eigenvalue weighted by Gasteiger charge is -2.08. The van der Waals surface area contributed by atoms with Gasteiger partial charge in [0.05, 0.1) is 12.6 Å². The molecule has 0 aromatic heterocycles. The van der Waals surface area contributed by atoms with E-state index in [1.807, 2.05) is 5.01 Å². The number of rotatable bonds is 2. The van der Waals surface area contributed by atoms with Crippen molar-refractivity contribution >= 4 is 0 Å². The molecule has 9 heavy (non-hydrogen) atoms. The number of hydrogen-bond donors (Lipinski definition) is 0. The van der Waals surface area contributed by atoms with Gasteiger partial charge in [-0.1, -0.05) is 12.1 Å². The molecule has 0 amide bonds. The Balaban J connectivity index is 2.31. The minimum Gasteiger partial charge on any atom is -0.277 e. The van der Waals surface area contributed by atoms with E-state index in [-0.39, 0.29) is 0 Å². The fraction of sp³-hybridized carbons (Fsp3) is 1.00. The Hall–Kier alpha value is -0.600. The van der Waals surface area contributed by atoms with E-state index in [1.54, 1.807) is 0 Å². The third-order valence-electron chi connectivity index (χ3n) is 1.60. The first kappa shape index (κ1) is 6.52. The summed E-state index contributed by atoms with van der Waals surface area (Å²) in [6.07, 6.45) is 1.11. The van der Waals surface area contributed by atoms with E-state index < -0.39 is 0 Å². The third-order valence-corrected chi connectivity index (χ3v) is 1.60. The Labute approximate surface area is 55.7 Å². The van der Waals surface area contributed by atoms with Crippen LogP contribution in [0.3, 0.4) is 0 Å². The van der Waals surface area contributed by atoms with E-state index in [0.29, 0.717) is 6.04 Å². The normalized spacial score (nSPS) is 25.6. The third kappa shape index (κ3) is 1.40. The van der Waals surface area contributed by atoms with Gasteiger partial charge in [-0.3, -0.25) is 5.01 Å². The molecule has 0 aromatic rings. The molecule has 1 aliphatic heterocycles. The van der Waals surface area contributed by atoms with Crippen LogP contribution in [0.4, 0.5) is 0 Å². The molecule has 1 atom stereocenters. The number of hydrogen-bond acceptors (Lipinski definition) is 3. The Morgan fingerprint density at radius 2 is 2.33 bits per heavy atom. The van der Waals surface area contributed by atoms with Crippen molar-refractivity contribution in [3.8, 4) is 0 Å².